The molecule has 106 valence electrons. The number of alkyl halides is 3. The predicted octanol–water partition coefficient (Wildman–Crippen LogP) is 3.39. The Labute approximate surface area is 110 Å². The van der Waals surface area contributed by atoms with Crippen LogP contribution >= 0.6 is 0 Å². The molecule has 6 heteroatoms. The molecule has 0 unspecified atom stereocenters. The standard InChI is InChI=1S/C13H16F3NO2/c1-3-19-11-7-5-4-6-10(11)17(2)12(18)8-9-13(14,15)16/h4-7H,3,8-9H2,1-2H3. The molecule has 0 aliphatic rings. The molecule has 19 heavy (non-hydrogen) atoms. The highest BCUT2D eigenvalue weighted by atomic mass is 19.4. The zero-order chi connectivity index (χ0) is 14.5. The first-order chi connectivity index (χ1) is 8.85. The minimum Gasteiger partial charge on any atom is -0.492 e. The maximum absolute atomic E-state index is 12.1. The van der Waals surface area contributed by atoms with Crippen LogP contribution < -0.4 is 9.64 Å². The van der Waals surface area contributed by atoms with Crippen LogP contribution in [0.4, 0.5) is 18.9 Å². The van der Waals surface area contributed by atoms with Crippen molar-refractivity contribution in [3.8, 4) is 5.75 Å². The lowest BCUT2D eigenvalue weighted by molar-refractivity contribution is -0.142. The van der Waals surface area contributed by atoms with Gasteiger partial charge in [0.05, 0.1) is 18.7 Å². The summed E-state index contributed by atoms with van der Waals surface area (Å²) in [6.07, 6.45) is -6.01. The van der Waals surface area contributed by atoms with E-state index in [1.807, 2.05) is 0 Å². The van der Waals surface area contributed by atoms with Crippen LogP contribution in [-0.4, -0.2) is 25.7 Å². The summed E-state index contributed by atoms with van der Waals surface area (Å²) in [5.41, 5.74) is 0.469. The highest BCUT2D eigenvalue weighted by Gasteiger charge is 2.29. The van der Waals surface area contributed by atoms with Crippen molar-refractivity contribution < 1.29 is 22.7 Å². The summed E-state index contributed by atoms with van der Waals surface area (Å²) in [5.74, 6) is -0.114. The molecule has 0 aromatic heterocycles. The third-order valence-corrected chi connectivity index (χ3v) is 2.52. The van der Waals surface area contributed by atoms with Crippen LogP contribution in [0, 0.1) is 0 Å². The normalized spacial score (nSPS) is 11.2. The Bertz CT molecular complexity index is 432. The van der Waals surface area contributed by atoms with Gasteiger partial charge >= 0.3 is 6.18 Å². The van der Waals surface area contributed by atoms with Crippen LogP contribution in [0.25, 0.3) is 0 Å². The van der Waals surface area contributed by atoms with E-state index in [0.29, 0.717) is 18.0 Å². The first-order valence-corrected chi connectivity index (χ1v) is 5.90. The molecule has 0 saturated carbocycles. The minimum absolute atomic E-state index is 0.418. The van der Waals surface area contributed by atoms with E-state index in [4.69, 9.17) is 4.74 Å². The smallest absolute Gasteiger partial charge is 0.389 e. The Morgan fingerprint density at radius 3 is 2.53 bits per heavy atom. The maximum Gasteiger partial charge on any atom is 0.389 e. The lowest BCUT2D eigenvalue weighted by atomic mass is 10.2. The number of hydrogen-bond donors (Lipinski definition) is 0. The second-order valence-electron chi connectivity index (χ2n) is 3.97. The minimum atomic E-state index is -4.32. The van der Waals surface area contributed by atoms with Gasteiger partial charge in [0, 0.05) is 13.5 Å². The summed E-state index contributed by atoms with van der Waals surface area (Å²) in [6.45, 7) is 2.21. The van der Waals surface area contributed by atoms with E-state index >= 15 is 0 Å². The molecule has 0 heterocycles. The summed E-state index contributed by atoms with van der Waals surface area (Å²) in [7, 11) is 1.44. The fourth-order valence-corrected chi connectivity index (χ4v) is 1.56. The number of hydrogen-bond acceptors (Lipinski definition) is 2. The van der Waals surface area contributed by atoms with Gasteiger partial charge in [-0.1, -0.05) is 12.1 Å². The molecule has 0 spiro atoms. The zero-order valence-electron chi connectivity index (χ0n) is 10.8. The second kappa shape index (κ2) is 6.45. The van der Waals surface area contributed by atoms with Crippen molar-refractivity contribution in [2.45, 2.75) is 25.9 Å². The molecular formula is C13H16F3NO2. The third-order valence-electron chi connectivity index (χ3n) is 2.52. The van der Waals surface area contributed by atoms with E-state index in [2.05, 4.69) is 0 Å². The van der Waals surface area contributed by atoms with Crippen LogP contribution in [0.1, 0.15) is 19.8 Å². The van der Waals surface area contributed by atoms with Gasteiger partial charge in [-0.25, -0.2) is 0 Å². The van der Waals surface area contributed by atoms with Gasteiger partial charge in [-0.15, -0.1) is 0 Å². The molecular weight excluding hydrogens is 259 g/mol. The van der Waals surface area contributed by atoms with E-state index in [0.717, 1.165) is 0 Å². The summed E-state index contributed by atoms with van der Waals surface area (Å²) < 4.78 is 41.6. The number of para-hydroxylation sites is 2. The van der Waals surface area contributed by atoms with E-state index in [1.165, 1.54) is 11.9 Å². The maximum atomic E-state index is 12.1. The van der Waals surface area contributed by atoms with E-state index in [-0.39, 0.29) is 0 Å². The fraction of sp³-hybridized carbons (Fsp3) is 0.462. The van der Waals surface area contributed by atoms with Gasteiger partial charge in [-0.3, -0.25) is 4.79 Å². The van der Waals surface area contributed by atoms with Gasteiger partial charge in [-0.2, -0.15) is 13.2 Å². The van der Waals surface area contributed by atoms with Crippen molar-refractivity contribution in [2.24, 2.45) is 0 Å². The third kappa shape index (κ3) is 4.81. The van der Waals surface area contributed by atoms with Gasteiger partial charge in [0.2, 0.25) is 5.91 Å². The average molecular weight is 275 g/mol. The monoisotopic (exact) mass is 275 g/mol. The number of ether oxygens (including phenoxy) is 1. The summed E-state index contributed by atoms with van der Waals surface area (Å²) in [6, 6.07) is 6.75. The molecule has 0 fully saturated rings. The number of anilines is 1. The van der Waals surface area contributed by atoms with E-state index < -0.39 is 24.9 Å². The van der Waals surface area contributed by atoms with Crippen LogP contribution in [-0.2, 0) is 4.79 Å². The molecule has 1 aromatic rings. The van der Waals surface area contributed by atoms with Crippen LogP contribution in [0.15, 0.2) is 24.3 Å². The predicted molar refractivity (Wildman–Crippen MR) is 66.3 cm³/mol. The molecule has 1 amide bonds. The topological polar surface area (TPSA) is 29.5 Å². The molecule has 0 saturated heterocycles. The van der Waals surface area contributed by atoms with Gasteiger partial charge in [0.1, 0.15) is 5.75 Å². The molecule has 0 aliphatic heterocycles. The Balaban J connectivity index is 2.76. The number of nitrogens with zero attached hydrogens (tertiary/aromatic N) is 1. The number of carbonyl (C=O) groups excluding carboxylic acids is 1. The van der Waals surface area contributed by atoms with Gasteiger partial charge < -0.3 is 9.64 Å². The first-order valence-electron chi connectivity index (χ1n) is 5.90. The van der Waals surface area contributed by atoms with Crippen molar-refractivity contribution >= 4 is 11.6 Å². The van der Waals surface area contributed by atoms with Crippen LogP contribution in [0.2, 0.25) is 0 Å². The number of rotatable bonds is 5. The Morgan fingerprint density at radius 1 is 1.32 bits per heavy atom. The van der Waals surface area contributed by atoms with Crippen LogP contribution in [0.5, 0.6) is 5.75 Å². The SMILES string of the molecule is CCOc1ccccc1N(C)C(=O)CCC(F)(F)F. The molecule has 0 N–H and O–H groups in total. The van der Waals surface area contributed by atoms with Crippen molar-refractivity contribution in [2.75, 3.05) is 18.6 Å². The quantitative estimate of drug-likeness (QED) is 0.824. The number of halogens is 3. The number of benzene rings is 1. The number of carbonyl (C=O) groups is 1. The van der Waals surface area contributed by atoms with Crippen molar-refractivity contribution in [1.82, 2.24) is 0 Å². The van der Waals surface area contributed by atoms with Gasteiger partial charge in [-0.05, 0) is 19.1 Å². The average Bonchev–Trinajstić information content (AvgIpc) is 2.35. The second-order valence-corrected chi connectivity index (χ2v) is 3.97. The highest BCUT2D eigenvalue weighted by molar-refractivity contribution is 5.94. The highest BCUT2D eigenvalue weighted by Crippen LogP contribution is 2.28. The van der Waals surface area contributed by atoms with E-state index in [9.17, 15) is 18.0 Å². The molecule has 0 aliphatic carbocycles. The molecule has 1 aromatic carbocycles. The van der Waals surface area contributed by atoms with Crippen molar-refractivity contribution in [3.05, 3.63) is 24.3 Å². The Morgan fingerprint density at radius 2 is 1.95 bits per heavy atom. The molecule has 3 nitrogen and oxygen atoms in total. The first kappa shape index (κ1) is 15.3. The molecule has 0 radical (unpaired) electrons. The summed E-state index contributed by atoms with van der Waals surface area (Å²) in [5, 5.41) is 0. The largest absolute Gasteiger partial charge is 0.492 e. The lowest BCUT2D eigenvalue weighted by Gasteiger charge is -2.20. The van der Waals surface area contributed by atoms with Crippen molar-refractivity contribution in [3.63, 3.8) is 0 Å². The fourth-order valence-electron chi connectivity index (χ4n) is 1.56. The van der Waals surface area contributed by atoms with Crippen molar-refractivity contribution in [1.29, 1.82) is 0 Å². The summed E-state index contributed by atoms with van der Waals surface area (Å²) in [4.78, 5) is 12.9. The zero-order valence-corrected chi connectivity index (χ0v) is 10.8. The molecule has 0 atom stereocenters. The summed E-state index contributed by atoms with van der Waals surface area (Å²) >= 11 is 0. The number of amides is 1. The lowest BCUT2D eigenvalue weighted by Crippen LogP contribution is -2.28. The molecule has 1 rings (SSSR count). The van der Waals surface area contributed by atoms with Crippen LogP contribution in [0.3, 0.4) is 0 Å². The Hall–Kier alpha value is -1.72. The van der Waals surface area contributed by atoms with Gasteiger partial charge in [0.15, 0.2) is 0 Å². The van der Waals surface area contributed by atoms with Gasteiger partial charge in [0.25, 0.3) is 0 Å². The Kier molecular flexibility index (Phi) is 5.20. The van der Waals surface area contributed by atoms with E-state index in [1.54, 1.807) is 31.2 Å². The molecule has 0 bridgehead atoms.